The van der Waals surface area contributed by atoms with Gasteiger partial charge < -0.3 is 13.9 Å². The van der Waals surface area contributed by atoms with Crippen molar-refractivity contribution in [3.05, 3.63) is 23.7 Å². The van der Waals surface area contributed by atoms with Crippen molar-refractivity contribution in [2.75, 3.05) is 7.11 Å². The van der Waals surface area contributed by atoms with Gasteiger partial charge in [0, 0.05) is 0 Å². The molecule has 0 aliphatic carbocycles. The Hall–Kier alpha value is -2.11. The topological polar surface area (TPSA) is 82.8 Å². The van der Waals surface area contributed by atoms with Crippen LogP contribution in [0.15, 0.2) is 16.5 Å². The molecule has 1 unspecified atom stereocenters. The predicted octanol–water partition coefficient (Wildman–Crippen LogP) is 0.623. The van der Waals surface area contributed by atoms with E-state index < -0.39 is 23.8 Å². The normalized spacial score (nSPS) is 19.7. The maximum absolute atomic E-state index is 11.2. The molecule has 0 amide bonds. The van der Waals surface area contributed by atoms with Crippen LogP contribution in [0, 0.1) is 0 Å². The molecule has 0 aromatic carbocycles. The average Bonchev–Trinajstić information content (AvgIpc) is 2.83. The van der Waals surface area contributed by atoms with Crippen molar-refractivity contribution in [1.82, 2.24) is 0 Å². The molecule has 1 aliphatic rings. The van der Waals surface area contributed by atoms with Crippen molar-refractivity contribution in [1.29, 1.82) is 0 Å². The van der Waals surface area contributed by atoms with Crippen LogP contribution < -0.4 is 0 Å². The molecule has 16 heavy (non-hydrogen) atoms. The number of carbonyl (C=O) groups excluding carboxylic acids is 3. The van der Waals surface area contributed by atoms with E-state index in [0.717, 1.165) is 0 Å². The zero-order chi connectivity index (χ0) is 11.7. The predicted molar refractivity (Wildman–Crippen MR) is 48.5 cm³/mol. The fourth-order valence-electron chi connectivity index (χ4n) is 1.44. The molecule has 0 spiro atoms. The van der Waals surface area contributed by atoms with Crippen molar-refractivity contribution >= 4 is 17.9 Å². The van der Waals surface area contributed by atoms with Crippen LogP contribution in [0.1, 0.15) is 28.7 Å². The summed E-state index contributed by atoms with van der Waals surface area (Å²) in [6, 6.07) is 2.84. The molecule has 1 aromatic heterocycles. The third kappa shape index (κ3) is 1.69. The SMILES string of the molecule is COC(=O)c1ccc(C2CC(=O)OC2=O)o1. The molecule has 1 aromatic rings. The van der Waals surface area contributed by atoms with Crippen molar-refractivity contribution in [3.63, 3.8) is 0 Å². The summed E-state index contributed by atoms with van der Waals surface area (Å²) in [6.45, 7) is 0. The van der Waals surface area contributed by atoms with E-state index in [1.54, 1.807) is 0 Å². The average molecular weight is 224 g/mol. The molecule has 2 rings (SSSR count). The number of hydrogen-bond donors (Lipinski definition) is 0. The first-order chi connectivity index (χ1) is 7.61. The number of esters is 3. The fourth-order valence-corrected chi connectivity index (χ4v) is 1.44. The highest BCUT2D eigenvalue weighted by molar-refractivity contribution is 5.97. The van der Waals surface area contributed by atoms with Gasteiger partial charge in [-0.15, -0.1) is 0 Å². The minimum absolute atomic E-state index is 0.00958. The third-order valence-corrected chi connectivity index (χ3v) is 2.23. The number of carbonyl (C=O) groups is 3. The molecule has 0 radical (unpaired) electrons. The highest BCUT2D eigenvalue weighted by Gasteiger charge is 2.37. The maximum atomic E-state index is 11.2. The highest BCUT2D eigenvalue weighted by atomic mass is 16.6. The summed E-state index contributed by atoms with van der Waals surface area (Å²) in [4.78, 5) is 33.2. The summed E-state index contributed by atoms with van der Waals surface area (Å²) in [6.07, 6.45) is -0.0625. The maximum Gasteiger partial charge on any atom is 0.373 e. The minimum atomic E-state index is -0.758. The number of methoxy groups -OCH3 is 1. The number of furan rings is 1. The molecule has 0 N–H and O–H groups in total. The van der Waals surface area contributed by atoms with Gasteiger partial charge in [0.05, 0.1) is 13.5 Å². The van der Waals surface area contributed by atoms with Gasteiger partial charge in [0.25, 0.3) is 0 Å². The van der Waals surface area contributed by atoms with Crippen LogP contribution in [0.5, 0.6) is 0 Å². The lowest BCUT2D eigenvalue weighted by Gasteiger charge is -1.98. The third-order valence-electron chi connectivity index (χ3n) is 2.23. The summed E-state index contributed by atoms with van der Waals surface area (Å²) in [5, 5.41) is 0. The molecular formula is C10H8O6. The second-order valence-corrected chi connectivity index (χ2v) is 3.24. The molecule has 0 saturated carbocycles. The largest absolute Gasteiger partial charge is 0.463 e. The standard InChI is InChI=1S/C10H8O6/c1-14-10(13)7-3-2-6(15-7)5-4-8(11)16-9(5)12/h2-3,5H,4H2,1H3. The Morgan fingerprint density at radius 2 is 2.19 bits per heavy atom. The van der Waals surface area contributed by atoms with E-state index in [2.05, 4.69) is 9.47 Å². The molecule has 1 saturated heterocycles. The van der Waals surface area contributed by atoms with Crippen LogP contribution in [-0.4, -0.2) is 25.0 Å². The van der Waals surface area contributed by atoms with E-state index in [4.69, 9.17) is 4.42 Å². The van der Waals surface area contributed by atoms with Crippen molar-refractivity contribution in [2.45, 2.75) is 12.3 Å². The number of hydrogen-bond acceptors (Lipinski definition) is 6. The summed E-state index contributed by atoms with van der Waals surface area (Å²) < 4.78 is 13.9. The molecule has 0 bridgehead atoms. The molecule has 1 atom stereocenters. The Bertz CT molecular complexity index is 458. The van der Waals surface area contributed by atoms with Gasteiger partial charge >= 0.3 is 17.9 Å². The van der Waals surface area contributed by atoms with Crippen molar-refractivity contribution in [2.24, 2.45) is 0 Å². The lowest BCUT2D eigenvalue weighted by molar-refractivity contribution is -0.152. The van der Waals surface area contributed by atoms with Gasteiger partial charge in [0.15, 0.2) is 0 Å². The fraction of sp³-hybridized carbons (Fsp3) is 0.300. The Kier molecular flexibility index (Phi) is 2.47. The Morgan fingerprint density at radius 1 is 1.44 bits per heavy atom. The van der Waals surface area contributed by atoms with E-state index in [1.165, 1.54) is 19.2 Å². The Morgan fingerprint density at radius 3 is 2.75 bits per heavy atom. The first kappa shape index (κ1) is 10.4. The summed E-state index contributed by atoms with van der Waals surface area (Å²) in [7, 11) is 1.22. The van der Waals surface area contributed by atoms with Gasteiger partial charge in [0.1, 0.15) is 11.7 Å². The molecule has 84 valence electrons. The van der Waals surface area contributed by atoms with Gasteiger partial charge in [-0.1, -0.05) is 0 Å². The first-order valence-corrected chi connectivity index (χ1v) is 4.54. The minimum Gasteiger partial charge on any atom is -0.463 e. The van der Waals surface area contributed by atoms with Crippen molar-refractivity contribution in [3.8, 4) is 0 Å². The lowest BCUT2D eigenvalue weighted by atomic mass is 10.1. The Balaban J connectivity index is 2.22. The zero-order valence-corrected chi connectivity index (χ0v) is 8.39. The highest BCUT2D eigenvalue weighted by Crippen LogP contribution is 2.28. The van der Waals surface area contributed by atoms with Gasteiger partial charge in [-0.05, 0) is 12.1 Å². The van der Waals surface area contributed by atoms with Gasteiger partial charge in [-0.2, -0.15) is 0 Å². The summed E-state index contributed by atoms with van der Waals surface area (Å²) in [5.74, 6) is -2.42. The number of ether oxygens (including phenoxy) is 2. The molecule has 6 nitrogen and oxygen atoms in total. The second kappa shape index (κ2) is 3.80. The van der Waals surface area contributed by atoms with E-state index in [9.17, 15) is 14.4 Å². The van der Waals surface area contributed by atoms with E-state index in [-0.39, 0.29) is 17.9 Å². The van der Waals surface area contributed by atoms with Crippen LogP contribution in [-0.2, 0) is 19.1 Å². The van der Waals surface area contributed by atoms with Crippen LogP contribution in [0.3, 0.4) is 0 Å². The quantitative estimate of drug-likeness (QED) is 0.541. The van der Waals surface area contributed by atoms with Crippen LogP contribution in [0.2, 0.25) is 0 Å². The van der Waals surface area contributed by atoms with Crippen LogP contribution in [0.25, 0.3) is 0 Å². The summed E-state index contributed by atoms with van der Waals surface area (Å²) in [5.41, 5.74) is 0. The lowest BCUT2D eigenvalue weighted by Crippen LogP contribution is -2.04. The monoisotopic (exact) mass is 224 g/mol. The number of cyclic esters (lactones) is 2. The molecule has 2 heterocycles. The van der Waals surface area contributed by atoms with Crippen molar-refractivity contribution < 1.29 is 28.3 Å². The molecule has 1 fully saturated rings. The number of rotatable bonds is 2. The van der Waals surface area contributed by atoms with E-state index in [0.29, 0.717) is 0 Å². The second-order valence-electron chi connectivity index (χ2n) is 3.24. The molecule has 6 heteroatoms. The molecule has 1 aliphatic heterocycles. The van der Waals surface area contributed by atoms with E-state index in [1.807, 2.05) is 0 Å². The summed E-state index contributed by atoms with van der Waals surface area (Å²) >= 11 is 0. The zero-order valence-electron chi connectivity index (χ0n) is 8.39. The van der Waals surface area contributed by atoms with E-state index >= 15 is 0 Å². The first-order valence-electron chi connectivity index (χ1n) is 4.54. The molecular weight excluding hydrogens is 216 g/mol. The van der Waals surface area contributed by atoms with Gasteiger partial charge in [0.2, 0.25) is 5.76 Å². The van der Waals surface area contributed by atoms with Crippen LogP contribution in [0.4, 0.5) is 0 Å². The smallest absolute Gasteiger partial charge is 0.373 e. The Labute approximate surface area is 90.1 Å². The van der Waals surface area contributed by atoms with Gasteiger partial charge in [-0.3, -0.25) is 9.59 Å². The van der Waals surface area contributed by atoms with Gasteiger partial charge in [-0.25, -0.2) is 4.79 Å². The van der Waals surface area contributed by atoms with Crippen LogP contribution >= 0.6 is 0 Å².